The first-order valence-electron chi connectivity index (χ1n) is 6.31. The Hall–Kier alpha value is -1.04. The molecular weight excluding hydrogens is 260 g/mol. The van der Waals surface area contributed by atoms with Gasteiger partial charge in [-0.3, -0.25) is 4.79 Å². The first-order valence-corrected chi connectivity index (χ1v) is 7.54. The van der Waals surface area contributed by atoms with Crippen molar-refractivity contribution in [3.8, 4) is 0 Å². The van der Waals surface area contributed by atoms with Crippen molar-refractivity contribution in [2.75, 3.05) is 33.4 Å². The van der Waals surface area contributed by atoms with Crippen LogP contribution in [0.4, 0.5) is 0 Å². The lowest BCUT2D eigenvalue weighted by Gasteiger charge is -2.21. The summed E-state index contributed by atoms with van der Waals surface area (Å²) in [5, 5.41) is 10.0. The van der Waals surface area contributed by atoms with Crippen LogP contribution in [0.25, 0.3) is 0 Å². The van der Waals surface area contributed by atoms with Gasteiger partial charge >= 0.3 is 0 Å². The smallest absolute Gasteiger partial charge is 0.255 e. The molecule has 5 heteroatoms. The summed E-state index contributed by atoms with van der Waals surface area (Å²) in [4.78, 5) is 17.2. The molecule has 4 nitrogen and oxygen atoms in total. The number of likely N-dealkylation sites (N-methyl/N-ethyl adjacent to an activating group) is 1. The quantitative estimate of drug-likeness (QED) is 0.844. The van der Waals surface area contributed by atoms with Crippen LogP contribution in [0.1, 0.15) is 10.4 Å². The van der Waals surface area contributed by atoms with E-state index in [4.69, 9.17) is 0 Å². The average Bonchev–Trinajstić information content (AvgIpc) is 2.80. The molecule has 0 spiro atoms. The normalized spacial score (nSPS) is 23.1. The Morgan fingerprint density at radius 2 is 2.05 bits per heavy atom. The summed E-state index contributed by atoms with van der Waals surface area (Å²) in [6, 6.07) is 7.63. The minimum atomic E-state index is -0.472. The second-order valence-electron chi connectivity index (χ2n) is 5.01. The number of nitrogens with zero attached hydrogens (tertiary/aromatic N) is 2. The van der Waals surface area contributed by atoms with Gasteiger partial charge in [-0.05, 0) is 32.5 Å². The van der Waals surface area contributed by atoms with E-state index in [9.17, 15) is 9.90 Å². The van der Waals surface area contributed by atoms with Crippen LogP contribution in [0.15, 0.2) is 29.2 Å². The molecule has 1 aliphatic heterocycles. The van der Waals surface area contributed by atoms with Crippen LogP contribution in [-0.4, -0.2) is 66.4 Å². The van der Waals surface area contributed by atoms with E-state index in [-0.39, 0.29) is 11.9 Å². The molecule has 0 saturated carbocycles. The number of β-amino-alcohol motifs (C(OH)–C–C–N with tert-alkyl or cyclic N) is 1. The highest BCUT2D eigenvalue weighted by molar-refractivity contribution is 7.98. The molecule has 0 unspecified atom stereocenters. The van der Waals surface area contributed by atoms with Gasteiger partial charge in [-0.15, -0.1) is 11.8 Å². The van der Waals surface area contributed by atoms with Gasteiger partial charge in [-0.25, -0.2) is 0 Å². The number of aliphatic hydroxyl groups is 1. The highest BCUT2D eigenvalue weighted by Crippen LogP contribution is 2.24. The summed E-state index contributed by atoms with van der Waals surface area (Å²) >= 11 is 1.57. The Bertz CT molecular complexity index is 465. The lowest BCUT2D eigenvalue weighted by atomic mass is 10.2. The Kier molecular flexibility index (Phi) is 4.50. The zero-order chi connectivity index (χ0) is 14.0. The van der Waals surface area contributed by atoms with Crippen molar-refractivity contribution in [3.63, 3.8) is 0 Å². The Morgan fingerprint density at radius 1 is 1.37 bits per heavy atom. The van der Waals surface area contributed by atoms with Crippen LogP contribution in [-0.2, 0) is 0 Å². The second-order valence-corrected chi connectivity index (χ2v) is 5.86. The van der Waals surface area contributed by atoms with Gasteiger partial charge in [-0.2, -0.15) is 0 Å². The molecule has 1 heterocycles. The predicted octanol–water partition coefficient (Wildman–Crippen LogP) is 1.16. The first-order chi connectivity index (χ1) is 9.04. The third-order valence-corrected chi connectivity index (χ3v) is 4.34. The zero-order valence-electron chi connectivity index (χ0n) is 11.5. The van der Waals surface area contributed by atoms with Crippen molar-refractivity contribution >= 4 is 17.7 Å². The summed E-state index contributed by atoms with van der Waals surface area (Å²) in [5.41, 5.74) is 0.724. The van der Waals surface area contributed by atoms with Gasteiger partial charge in [0.2, 0.25) is 0 Å². The molecule has 1 aromatic carbocycles. The van der Waals surface area contributed by atoms with Crippen LogP contribution in [0.5, 0.6) is 0 Å². The highest BCUT2D eigenvalue weighted by atomic mass is 32.2. The molecule has 1 aromatic rings. The number of likely N-dealkylation sites (tertiary alicyclic amines) is 1. The standard InChI is InChI=1S/C14H20N2O2S/c1-15(2)11-8-16(9-12(11)17)14(18)10-6-4-5-7-13(10)19-3/h4-7,11-12,17H,8-9H2,1-3H3/t11-,12-/m1/s1. The van der Waals surface area contributed by atoms with Crippen molar-refractivity contribution in [1.29, 1.82) is 0 Å². The molecule has 0 radical (unpaired) electrons. The fourth-order valence-electron chi connectivity index (χ4n) is 2.43. The van der Waals surface area contributed by atoms with Crippen molar-refractivity contribution in [3.05, 3.63) is 29.8 Å². The van der Waals surface area contributed by atoms with Gasteiger partial charge < -0.3 is 14.9 Å². The maximum atomic E-state index is 12.5. The Balaban J connectivity index is 2.17. The Morgan fingerprint density at radius 3 is 2.63 bits per heavy atom. The summed E-state index contributed by atoms with van der Waals surface area (Å²) in [5.74, 6) is 0.00773. The second kappa shape index (κ2) is 5.94. The van der Waals surface area contributed by atoms with E-state index in [0.717, 1.165) is 10.5 Å². The number of carbonyl (C=O) groups is 1. The molecule has 104 valence electrons. The van der Waals surface area contributed by atoms with Gasteiger partial charge in [0.15, 0.2) is 0 Å². The van der Waals surface area contributed by atoms with Gasteiger partial charge in [-0.1, -0.05) is 12.1 Å². The highest BCUT2D eigenvalue weighted by Gasteiger charge is 2.35. The van der Waals surface area contributed by atoms with Crippen molar-refractivity contribution in [1.82, 2.24) is 9.80 Å². The number of thioether (sulfide) groups is 1. The number of amides is 1. The summed E-state index contributed by atoms with van der Waals surface area (Å²) < 4.78 is 0. The molecular formula is C14H20N2O2S. The molecule has 1 aliphatic rings. The van der Waals surface area contributed by atoms with Gasteiger partial charge in [0, 0.05) is 18.0 Å². The Labute approximate surface area is 118 Å². The maximum absolute atomic E-state index is 12.5. The van der Waals surface area contributed by atoms with Crippen LogP contribution in [0, 0.1) is 0 Å². The lowest BCUT2D eigenvalue weighted by molar-refractivity contribution is 0.0760. The van der Waals surface area contributed by atoms with E-state index in [1.165, 1.54) is 0 Å². The summed E-state index contributed by atoms with van der Waals surface area (Å²) in [6.07, 6.45) is 1.49. The largest absolute Gasteiger partial charge is 0.390 e. The molecule has 0 aliphatic carbocycles. The third kappa shape index (κ3) is 2.94. The van der Waals surface area contributed by atoms with Crippen LogP contribution in [0.3, 0.4) is 0 Å². The van der Waals surface area contributed by atoms with Gasteiger partial charge in [0.25, 0.3) is 5.91 Å². The number of carbonyl (C=O) groups excluding carboxylic acids is 1. The fraction of sp³-hybridized carbons (Fsp3) is 0.500. The van der Waals surface area contributed by atoms with Gasteiger partial charge in [0.1, 0.15) is 0 Å². The molecule has 19 heavy (non-hydrogen) atoms. The monoisotopic (exact) mass is 280 g/mol. The van der Waals surface area contributed by atoms with E-state index in [0.29, 0.717) is 13.1 Å². The van der Waals surface area contributed by atoms with E-state index in [2.05, 4.69) is 0 Å². The van der Waals surface area contributed by atoms with E-state index < -0.39 is 6.10 Å². The molecule has 1 N–H and O–H groups in total. The number of aliphatic hydroxyl groups excluding tert-OH is 1. The lowest BCUT2D eigenvalue weighted by Crippen LogP contribution is -2.38. The van der Waals surface area contributed by atoms with E-state index in [1.807, 2.05) is 49.5 Å². The van der Waals surface area contributed by atoms with Crippen LogP contribution >= 0.6 is 11.8 Å². The molecule has 2 rings (SSSR count). The molecule has 1 amide bonds. The number of rotatable bonds is 3. The average molecular weight is 280 g/mol. The SMILES string of the molecule is CSc1ccccc1C(=O)N1C[C@@H](O)[C@H](N(C)C)C1. The molecule has 0 aromatic heterocycles. The predicted molar refractivity (Wildman–Crippen MR) is 77.6 cm³/mol. The summed E-state index contributed by atoms with van der Waals surface area (Å²) in [7, 11) is 3.86. The molecule has 2 atom stereocenters. The minimum absolute atomic E-state index is 0.00773. The number of hydrogen-bond acceptors (Lipinski definition) is 4. The number of hydrogen-bond donors (Lipinski definition) is 1. The summed E-state index contributed by atoms with van der Waals surface area (Å²) in [6.45, 7) is 0.986. The molecule has 1 saturated heterocycles. The molecule has 0 bridgehead atoms. The minimum Gasteiger partial charge on any atom is -0.390 e. The fourth-order valence-corrected chi connectivity index (χ4v) is 3.02. The molecule has 1 fully saturated rings. The van der Waals surface area contributed by atoms with Crippen molar-refractivity contribution in [2.24, 2.45) is 0 Å². The van der Waals surface area contributed by atoms with E-state index in [1.54, 1.807) is 16.7 Å². The number of benzene rings is 1. The zero-order valence-corrected chi connectivity index (χ0v) is 12.4. The van der Waals surface area contributed by atoms with Crippen LogP contribution < -0.4 is 0 Å². The third-order valence-electron chi connectivity index (χ3n) is 3.55. The van der Waals surface area contributed by atoms with E-state index >= 15 is 0 Å². The topological polar surface area (TPSA) is 43.8 Å². The first kappa shape index (κ1) is 14.4. The van der Waals surface area contributed by atoms with Crippen molar-refractivity contribution < 1.29 is 9.90 Å². The van der Waals surface area contributed by atoms with Crippen molar-refractivity contribution in [2.45, 2.75) is 17.0 Å². The van der Waals surface area contributed by atoms with Gasteiger partial charge in [0.05, 0.1) is 17.7 Å². The van der Waals surface area contributed by atoms with Crippen LogP contribution in [0.2, 0.25) is 0 Å². The maximum Gasteiger partial charge on any atom is 0.255 e.